The van der Waals surface area contributed by atoms with Crippen LogP contribution in [0.15, 0.2) is 66.7 Å². The first-order valence-corrected chi connectivity index (χ1v) is 19.0. The van der Waals surface area contributed by atoms with E-state index in [1.165, 1.54) is 7.11 Å². The number of para-hydroxylation sites is 1. The molecule has 10 nitrogen and oxygen atoms in total. The Kier molecular flexibility index (Phi) is 11.7. The second-order valence-electron chi connectivity index (χ2n) is 15.2. The van der Waals surface area contributed by atoms with Crippen molar-refractivity contribution in [3.8, 4) is 17.9 Å². The van der Waals surface area contributed by atoms with E-state index >= 15 is 0 Å². The Hall–Kier alpha value is -6.00. The molecule has 0 spiro atoms. The Bertz CT molecular complexity index is 2190. The van der Waals surface area contributed by atoms with E-state index in [1.807, 2.05) is 82.3 Å². The number of esters is 2. The minimum absolute atomic E-state index is 0.175. The average molecular weight is 739 g/mol. The lowest BCUT2D eigenvalue weighted by Gasteiger charge is -2.39. The first kappa shape index (κ1) is 38.7. The highest BCUT2D eigenvalue weighted by Crippen LogP contribution is 2.33. The van der Waals surface area contributed by atoms with Crippen LogP contribution < -0.4 is 25.2 Å². The van der Waals surface area contributed by atoms with Gasteiger partial charge in [0.25, 0.3) is 0 Å². The molecule has 0 aromatic heterocycles. The molecule has 2 saturated heterocycles. The number of carbonyl (C=O) groups excluding carboxylic acids is 2. The molecule has 284 valence electrons. The van der Waals surface area contributed by atoms with Crippen LogP contribution in [-0.2, 0) is 4.74 Å². The lowest BCUT2D eigenvalue weighted by atomic mass is 9.92. The van der Waals surface area contributed by atoms with Gasteiger partial charge in [-0.25, -0.2) is 9.59 Å². The van der Waals surface area contributed by atoms with E-state index < -0.39 is 5.97 Å². The van der Waals surface area contributed by atoms with Gasteiger partial charge in [0.2, 0.25) is 0 Å². The molecule has 6 rings (SSSR count). The Morgan fingerprint density at radius 3 is 1.69 bits per heavy atom. The Labute approximate surface area is 324 Å². The predicted molar refractivity (Wildman–Crippen MR) is 217 cm³/mol. The largest absolute Gasteiger partial charge is 0.465 e. The first-order valence-electron chi connectivity index (χ1n) is 19.0. The van der Waals surface area contributed by atoms with Crippen LogP contribution in [0.2, 0.25) is 0 Å². The van der Waals surface area contributed by atoms with Crippen molar-refractivity contribution in [2.24, 2.45) is 11.8 Å². The molecule has 0 bridgehead atoms. The molecule has 0 aliphatic carbocycles. The number of aryl methyl sites for hydroxylation is 4. The van der Waals surface area contributed by atoms with Crippen LogP contribution in [0.4, 0.5) is 22.7 Å². The van der Waals surface area contributed by atoms with Crippen LogP contribution in [0.1, 0.15) is 80.8 Å². The normalized spacial score (nSPS) is 19.5. The van der Waals surface area contributed by atoms with Gasteiger partial charge in [0.05, 0.1) is 40.7 Å². The molecular weight excluding hydrogens is 689 g/mol. The van der Waals surface area contributed by atoms with E-state index in [2.05, 4.69) is 46.4 Å². The predicted octanol–water partition coefficient (Wildman–Crippen LogP) is 8.32. The zero-order valence-electron chi connectivity index (χ0n) is 32.8. The summed E-state index contributed by atoms with van der Waals surface area (Å²) in [5, 5.41) is 27.2. The highest BCUT2D eigenvalue weighted by atomic mass is 16.5. The number of nitrogens with zero attached hydrogens (tertiary/aromatic N) is 4. The molecule has 0 radical (unpaired) electrons. The van der Waals surface area contributed by atoms with Crippen molar-refractivity contribution in [1.29, 1.82) is 10.5 Å². The smallest absolute Gasteiger partial charge is 0.343 e. The number of piperidine rings is 2. The Morgan fingerprint density at radius 2 is 1.18 bits per heavy atom. The van der Waals surface area contributed by atoms with Crippen LogP contribution in [-0.4, -0.2) is 57.3 Å². The summed E-state index contributed by atoms with van der Waals surface area (Å²) < 4.78 is 10.9. The molecule has 10 heteroatoms. The lowest BCUT2D eigenvalue weighted by molar-refractivity contribution is 0.0599. The minimum atomic E-state index is -0.476. The van der Waals surface area contributed by atoms with Crippen molar-refractivity contribution in [1.82, 2.24) is 0 Å². The van der Waals surface area contributed by atoms with Crippen LogP contribution in [0.5, 0.6) is 5.75 Å². The van der Waals surface area contributed by atoms with Crippen LogP contribution in [0, 0.1) is 62.2 Å². The Balaban J connectivity index is 1.10. The molecule has 2 fully saturated rings. The number of benzene rings is 4. The van der Waals surface area contributed by atoms with Gasteiger partial charge >= 0.3 is 11.9 Å². The maximum atomic E-state index is 13.6. The number of ether oxygens (including phenoxy) is 2. The average Bonchev–Trinajstić information content (AvgIpc) is 3.17. The van der Waals surface area contributed by atoms with Gasteiger partial charge in [0.15, 0.2) is 0 Å². The minimum Gasteiger partial charge on any atom is -0.465 e. The number of anilines is 4. The summed E-state index contributed by atoms with van der Waals surface area (Å²) in [7, 11) is 1.39. The van der Waals surface area contributed by atoms with Crippen LogP contribution >= 0.6 is 0 Å². The fraction of sp³-hybridized carbons (Fsp3) is 0.378. The van der Waals surface area contributed by atoms with Crippen LogP contribution in [0.25, 0.3) is 0 Å². The second kappa shape index (κ2) is 16.6. The summed E-state index contributed by atoms with van der Waals surface area (Å²) in [4.78, 5) is 30.5. The fourth-order valence-corrected chi connectivity index (χ4v) is 8.07. The van der Waals surface area contributed by atoms with Crippen molar-refractivity contribution in [2.45, 2.75) is 66.5 Å². The third kappa shape index (κ3) is 8.39. The van der Waals surface area contributed by atoms with Gasteiger partial charge < -0.3 is 29.9 Å². The summed E-state index contributed by atoms with van der Waals surface area (Å²) >= 11 is 0. The van der Waals surface area contributed by atoms with Crippen LogP contribution in [0.3, 0.4) is 0 Å². The summed E-state index contributed by atoms with van der Waals surface area (Å²) in [6, 6.07) is 25.8. The van der Waals surface area contributed by atoms with E-state index in [1.54, 1.807) is 12.1 Å². The highest BCUT2D eigenvalue weighted by molar-refractivity contribution is 5.94. The Morgan fingerprint density at radius 1 is 0.673 bits per heavy atom. The molecule has 0 saturated carbocycles. The van der Waals surface area contributed by atoms with Gasteiger partial charge in [0, 0.05) is 55.7 Å². The van der Waals surface area contributed by atoms with Gasteiger partial charge in [-0.05, 0) is 111 Å². The number of methoxy groups -OCH3 is 1. The molecule has 4 aromatic rings. The zero-order chi connectivity index (χ0) is 39.4. The van der Waals surface area contributed by atoms with E-state index in [0.717, 1.165) is 84.0 Å². The van der Waals surface area contributed by atoms with Crippen molar-refractivity contribution in [3.63, 3.8) is 0 Å². The summed E-state index contributed by atoms with van der Waals surface area (Å²) in [6.45, 7) is 15.4. The number of carbonyl (C=O) groups is 2. The van der Waals surface area contributed by atoms with E-state index in [-0.39, 0.29) is 24.0 Å². The number of hydrogen-bond donors (Lipinski definition) is 2. The van der Waals surface area contributed by atoms with Gasteiger partial charge in [-0.1, -0.05) is 38.1 Å². The van der Waals surface area contributed by atoms with E-state index in [9.17, 15) is 20.1 Å². The maximum Gasteiger partial charge on any atom is 0.343 e. The molecule has 4 aromatic carbocycles. The molecule has 2 heterocycles. The zero-order valence-corrected chi connectivity index (χ0v) is 32.8. The van der Waals surface area contributed by atoms with Crippen molar-refractivity contribution >= 4 is 34.7 Å². The first-order chi connectivity index (χ1) is 26.4. The quantitative estimate of drug-likeness (QED) is 0.128. The number of rotatable bonds is 9. The maximum absolute atomic E-state index is 13.6. The molecule has 2 aliphatic rings. The molecule has 0 amide bonds. The number of nitrogens with one attached hydrogen (secondary N) is 2. The van der Waals surface area contributed by atoms with E-state index in [4.69, 9.17) is 9.47 Å². The van der Waals surface area contributed by atoms with E-state index in [0.29, 0.717) is 33.9 Å². The molecule has 2 aliphatic heterocycles. The molecule has 55 heavy (non-hydrogen) atoms. The van der Waals surface area contributed by atoms with Gasteiger partial charge in [-0.15, -0.1) is 0 Å². The van der Waals surface area contributed by atoms with Crippen molar-refractivity contribution in [3.05, 3.63) is 111 Å². The van der Waals surface area contributed by atoms with Gasteiger partial charge in [-0.3, -0.25) is 0 Å². The summed E-state index contributed by atoms with van der Waals surface area (Å²) in [5.74, 6) is 0.0249. The summed E-state index contributed by atoms with van der Waals surface area (Å²) in [6.07, 6.45) is 1.72. The third-order valence-electron chi connectivity index (χ3n) is 11.3. The molecule has 4 unspecified atom stereocenters. The topological polar surface area (TPSA) is 131 Å². The van der Waals surface area contributed by atoms with Crippen molar-refractivity contribution in [2.75, 3.05) is 53.7 Å². The molecular formula is C45H50N6O4. The molecule has 4 atom stereocenters. The molecule has 2 N–H and O–H groups in total. The standard InChI is InChI=1S/C45H50N6O4/c1-27-18-29(3)40(21-36(27)44(52)54-7)48-39-15-17-51(26-32(39)6)43-13-12-35(20-34(43)24-47)55-45(53)37-22-41(30(4)19-28(37)2)49-38-14-16-50(25-31(38)5)42-11-9-8-10-33(42)23-46/h8-13,18-22,31-32,38-39,48-49H,14-17,25-26H2,1-7H3. The fourth-order valence-electron chi connectivity index (χ4n) is 8.07. The highest BCUT2D eigenvalue weighted by Gasteiger charge is 2.30. The number of nitriles is 2. The summed E-state index contributed by atoms with van der Waals surface area (Å²) in [5.41, 5.74) is 9.54. The lowest BCUT2D eigenvalue weighted by Crippen LogP contribution is -2.45. The third-order valence-corrected chi connectivity index (χ3v) is 11.3. The second-order valence-corrected chi connectivity index (χ2v) is 15.2. The monoisotopic (exact) mass is 738 g/mol. The SMILES string of the molecule is COC(=O)c1cc(NC2CCN(c3ccc(OC(=O)c4cc(NC5CCN(c6ccccc6C#N)CC5C)c(C)cc4C)cc3C#N)CC2C)c(C)cc1C. The van der Waals surface area contributed by atoms with Gasteiger partial charge in [-0.2, -0.15) is 10.5 Å². The number of hydrogen-bond acceptors (Lipinski definition) is 10. The van der Waals surface area contributed by atoms with Crippen molar-refractivity contribution < 1.29 is 19.1 Å². The van der Waals surface area contributed by atoms with Gasteiger partial charge in [0.1, 0.15) is 17.9 Å².